The second kappa shape index (κ2) is 7.81. The van der Waals surface area contributed by atoms with Crippen LogP contribution in [0.3, 0.4) is 0 Å². The van der Waals surface area contributed by atoms with Crippen molar-refractivity contribution < 1.29 is 0 Å². The van der Waals surface area contributed by atoms with E-state index in [2.05, 4.69) is 91.0 Å². The number of nitrogen functional groups attached to an aromatic ring is 1. The van der Waals surface area contributed by atoms with Crippen molar-refractivity contribution in [2.75, 3.05) is 11.1 Å². The van der Waals surface area contributed by atoms with E-state index in [4.69, 9.17) is 5.73 Å². The van der Waals surface area contributed by atoms with Gasteiger partial charge in [0, 0.05) is 29.8 Å². The molecule has 2 rings (SSSR count). The maximum Gasteiger partial charge on any atom is 0.0529 e. The Bertz CT molecular complexity index is 673. The molecule has 0 heterocycles. The molecule has 0 aromatic heterocycles. The molecule has 0 aliphatic rings. The summed E-state index contributed by atoms with van der Waals surface area (Å²) in [6, 6.07) is 8.07. The van der Waals surface area contributed by atoms with Crippen LogP contribution in [0.4, 0.5) is 11.4 Å². The van der Waals surface area contributed by atoms with Gasteiger partial charge in [-0.1, -0.05) is 47.8 Å². The van der Waals surface area contributed by atoms with Gasteiger partial charge in [0.05, 0.1) is 11.4 Å². The molecule has 0 saturated carbocycles. The van der Waals surface area contributed by atoms with Crippen LogP contribution in [0.2, 0.25) is 0 Å². The largest absolute Gasteiger partial charge is 0.398 e. The highest BCUT2D eigenvalue weighted by atomic mass is 79.9. The Labute approximate surface area is 165 Å². The van der Waals surface area contributed by atoms with Crippen molar-refractivity contribution >= 4 is 91.0 Å². The first-order valence-corrected chi connectivity index (χ1v) is 10.2. The molecule has 21 heavy (non-hydrogen) atoms. The van der Waals surface area contributed by atoms with Crippen LogP contribution in [0, 0.1) is 0 Å². The van der Waals surface area contributed by atoms with Crippen molar-refractivity contribution in [1.29, 1.82) is 0 Å². The predicted octanol–water partition coefficient (Wildman–Crippen LogP) is 6.83. The van der Waals surface area contributed by atoms with Crippen LogP contribution in [0.25, 0.3) is 0 Å². The molecule has 0 saturated heterocycles. The number of hydrogen-bond acceptors (Lipinski definition) is 2. The first-order valence-electron chi connectivity index (χ1n) is 5.93. The zero-order valence-corrected chi connectivity index (χ0v) is 18.6. The van der Waals surface area contributed by atoms with Gasteiger partial charge in [0.1, 0.15) is 0 Å². The minimum atomic E-state index is 0.643. The maximum atomic E-state index is 6.11. The summed E-state index contributed by atoms with van der Waals surface area (Å²) >= 11 is 17.6. The van der Waals surface area contributed by atoms with Gasteiger partial charge in [-0.2, -0.15) is 0 Å². The molecule has 7 heteroatoms. The number of hydrogen-bond donors (Lipinski definition) is 2. The standard InChI is InChI=1S/C14H11Br5N2/c15-5-7-1-9(16)4-12(19)14(7)21-6-8-2-10(17)3-11(18)13(8)20/h1-4,21H,5-6,20H2. The van der Waals surface area contributed by atoms with Crippen LogP contribution in [0.15, 0.2) is 42.2 Å². The minimum absolute atomic E-state index is 0.643. The lowest BCUT2D eigenvalue weighted by Crippen LogP contribution is -2.06. The van der Waals surface area contributed by atoms with Gasteiger partial charge in [0.15, 0.2) is 0 Å². The van der Waals surface area contributed by atoms with Gasteiger partial charge < -0.3 is 11.1 Å². The molecule has 0 aliphatic carbocycles. The number of alkyl halides is 1. The van der Waals surface area contributed by atoms with E-state index in [1.54, 1.807) is 0 Å². The SMILES string of the molecule is Nc1c(Br)cc(Br)cc1CNc1c(Br)cc(Br)cc1CBr. The van der Waals surface area contributed by atoms with E-state index in [9.17, 15) is 0 Å². The molecule has 2 aromatic rings. The third kappa shape index (κ3) is 4.47. The Hall–Kier alpha value is 0.440. The molecule has 0 atom stereocenters. The molecular weight excluding hydrogens is 596 g/mol. The molecule has 112 valence electrons. The summed E-state index contributed by atoms with van der Waals surface area (Å²) in [7, 11) is 0. The summed E-state index contributed by atoms with van der Waals surface area (Å²) < 4.78 is 3.94. The fraction of sp³-hybridized carbons (Fsp3) is 0.143. The van der Waals surface area contributed by atoms with Crippen molar-refractivity contribution in [2.45, 2.75) is 11.9 Å². The number of rotatable bonds is 4. The molecule has 2 aromatic carbocycles. The highest BCUT2D eigenvalue weighted by Gasteiger charge is 2.10. The van der Waals surface area contributed by atoms with Crippen molar-refractivity contribution in [2.24, 2.45) is 0 Å². The topological polar surface area (TPSA) is 38.0 Å². The number of halogens is 5. The molecule has 0 fully saturated rings. The van der Waals surface area contributed by atoms with Gasteiger partial charge in [-0.05, 0) is 67.3 Å². The van der Waals surface area contributed by atoms with E-state index >= 15 is 0 Å². The number of nitrogens with one attached hydrogen (secondary N) is 1. The fourth-order valence-electron chi connectivity index (χ4n) is 1.90. The number of nitrogens with two attached hydrogens (primary N) is 1. The van der Waals surface area contributed by atoms with Crippen LogP contribution in [-0.4, -0.2) is 0 Å². The Morgan fingerprint density at radius 3 is 2.05 bits per heavy atom. The first-order chi connectivity index (χ1) is 9.92. The van der Waals surface area contributed by atoms with E-state index in [0.29, 0.717) is 6.54 Å². The molecule has 0 amide bonds. The highest BCUT2D eigenvalue weighted by molar-refractivity contribution is 9.11. The van der Waals surface area contributed by atoms with Crippen molar-refractivity contribution in [3.63, 3.8) is 0 Å². The summed E-state index contributed by atoms with van der Waals surface area (Å²) in [5.41, 5.74) is 10.1. The van der Waals surface area contributed by atoms with Gasteiger partial charge in [-0.15, -0.1) is 0 Å². The second-order valence-electron chi connectivity index (χ2n) is 4.37. The lowest BCUT2D eigenvalue weighted by atomic mass is 10.1. The van der Waals surface area contributed by atoms with Gasteiger partial charge in [0.25, 0.3) is 0 Å². The lowest BCUT2D eigenvalue weighted by Gasteiger charge is -2.15. The summed E-state index contributed by atoms with van der Waals surface area (Å²) in [5, 5.41) is 4.22. The van der Waals surface area contributed by atoms with E-state index in [1.165, 1.54) is 5.56 Å². The first kappa shape index (κ1) is 17.8. The van der Waals surface area contributed by atoms with Gasteiger partial charge in [0.2, 0.25) is 0 Å². The van der Waals surface area contributed by atoms with Crippen molar-refractivity contribution in [3.05, 3.63) is 53.3 Å². The third-order valence-corrected chi connectivity index (χ3v) is 5.72. The highest BCUT2D eigenvalue weighted by Crippen LogP contribution is 2.34. The Balaban J connectivity index is 2.29. The van der Waals surface area contributed by atoms with Crippen molar-refractivity contribution in [3.8, 4) is 0 Å². The van der Waals surface area contributed by atoms with Crippen LogP contribution < -0.4 is 11.1 Å². The molecule has 0 bridgehead atoms. The van der Waals surface area contributed by atoms with Crippen molar-refractivity contribution in [1.82, 2.24) is 0 Å². The molecule has 2 nitrogen and oxygen atoms in total. The summed E-state index contributed by atoms with van der Waals surface area (Å²) in [6.07, 6.45) is 0. The van der Waals surface area contributed by atoms with Crippen LogP contribution in [0.5, 0.6) is 0 Å². The van der Waals surface area contributed by atoms with E-state index < -0.39 is 0 Å². The Kier molecular flexibility index (Phi) is 6.62. The van der Waals surface area contributed by atoms with E-state index in [-0.39, 0.29) is 0 Å². The lowest BCUT2D eigenvalue weighted by molar-refractivity contribution is 1.13. The van der Waals surface area contributed by atoms with Gasteiger partial charge >= 0.3 is 0 Å². The Morgan fingerprint density at radius 1 is 0.857 bits per heavy atom. The number of benzene rings is 2. The predicted molar refractivity (Wildman–Crippen MR) is 108 cm³/mol. The Morgan fingerprint density at radius 2 is 1.43 bits per heavy atom. The third-order valence-electron chi connectivity index (χ3n) is 2.92. The van der Waals surface area contributed by atoms with Gasteiger partial charge in [-0.25, -0.2) is 0 Å². The summed E-state index contributed by atoms with van der Waals surface area (Å²) in [5.74, 6) is 0. The molecule has 0 spiro atoms. The summed E-state index contributed by atoms with van der Waals surface area (Å²) in [6.45, 7) is 0.643. The minimum Gasteiger partial charge on any atom is -0.398 e. The van der Waals surface area contributed by atoms with Crippen LogP contribution >= 0.6 is 79.6 Å². The molecule has 0 unspecified atom stereocenters. The number of anilines is 2. The van der Waals surface area contributed by atoms with Gasteiger partial charge in [-0.3, -0.25) is 0 Å². The monoisotopic (exact) mass is 602 g/mol. The second-order valence-corrected chi connectivity index (χ2v) is 8.47. The molecular formula is C14H11Br5N2. The smallest absolute Gasteiger partial charge is 0.0529 e. The zero-order valence-electron chi connectivity index (χ0n) is 10.7. The molecule has 0 aliphatic heterocycles. The molecule has 0 radical (unpaired) electrons. The van der Waals surface area contributed by atoms with E-state index in [1.807, 2.05) is 18.2 Å². The molecule has 3 N–H and O–H groups in total. The van der Waals surface area contributed by atoms with E-state index in [0.717, 1.165) is 40.2 Å². The fourth-order valence-corrected chi connectivity index (χ4v) is 5.11. The van der Waals surface area contributed by atoms with Crippen LogP contribution in [-0.2, 0) is 11.9 Å². The van der Waals surface area contributed by atoms with Crippen LogP contribution in [0.1, 0.15) is 11.1 Å². The quantitative estimate of drug-likeness (QED) is 0.296. The zero-order chi connectivity index (χ0) is 15.6. The average Bonchev–Trinajstić information content (AvgIpc) is 2.41. The normalized spacial score (nSPS) is 10.7. The average molecular weight is 607 g/mol. The maximum absolute atomic E-state index is 6.11. The summed E-state index contributed by atoms with van der Waals surface area (Å²) in [4.78, 5) is 0.